The van der Waals surface area contributed by atoms with Gasteiger partial charge in [0.1, 0.15) is 0 Å². The second kappa shape index (κ2) is 2.81. The zero-order valence-corrected chi connectivity index (χ0v) is 8.04. The minimum atomic E-state index is 0.910. The van der Waals surface area contributed by atoms with Crippen molar-refractivity contribution in [2.24, 2.45) is 17.8 Å². The van der Waals surface area contributed by atoms with Crippen LogP contribution in [0.4, 0.5) is 0 Å². The Morgan fingerprint density at radius 2 is 2.30 bits per heavy atom. The third kappa shape index (κ3) is 1.11. The summed E-state index contributed by atoms with van der Waals surface area (Å²) in [4.78, 5) is 0. The maximum Gasteiger partial charge on any atom is 0.0169 e. The molecule has 0 heterocycles. The molecule has 10 heavy (non-hydrogen) atoms. The topological polar surface area (TPSA) is 12.0 Å². The molecule has 56 valence electrons. The highest BCUT2D eigenvalue weighted by Crippen LogP contribution is 2.42. The SMILES string of the molecule is INCC1CC2C=CC1C2. The van der Waals surface area contributed by atoms with Crippen LogP contribution >= 0.6 is 22.9 Å². The molecule has 2 rings (SSSR count). The molecule has 2 aliphatic rings. The molecule has 2 heteroatoms. The summed E-state index contributed by atoms with van der Waals surface area (Å²) in [5.74, 6) is 2.78. The van der Waals surface area contributed by atoms with Gasteiger partial charge >= 0.3 is 0 Å². The fourth-order valence-electron chi connectivity index (χ4n) is 2.23. The van der Waals surface area contributed by atoms with Crippen molar-refractivity contribution in [3.63, 3.8) is 0 Å². The van der Waals surface area contributed by atoms with Crippen molar-refractivity contribution in [3.05, 3.63) is 12.2 Å². The van der Waals surface area contributed by atoms with Gasteiger partial charge in [0, 0.05) is 29.4 Å². The number of nitrogens with one attached hydrogen (secondary N) is 1. The van der Waals surface area contributed by atoms with Crippen molar-refractivity contribution in [3.8, 4) is 0 Å². The molecular weight excluding hydrogens is 237 g/mol. The quantitative estimate of drug-likeness (QED) is 0.449. The van der Waals surface area contributed by atoms with Gasteiger partial charge in [-0.15, -0.1) is 0 Å². The highest BCUT2D eigenvalue weighted by molar-refractivity contribution is 14.1. The van der Waals surface area contributed by atoms with Gasteiger partial charge in [-0.05, 0) is 30.6 Å². The Morgan fingerprint density at radius 1 is 1.40 bits per heavy atom. The van der Waals surface area contributed by atoms with Crippen LogP contribution in [0.25, 0.3) is 0 Å². The van der Waals surface area contributed by atoms with Gasteiger partial charge in [-0.3, -0.25) is 3.53 Å². The molecule has 1 fully saturated rings. The first-order valence-corrected chi connectivity index (χ1v) is 5.00. The number of hydrogen-bond acceptors (Lipinski definition) is 1. The maximum atomic E-state index is 3.23. The van der Waals surface area contributed by atoms with E-state index >= 15 is 0 Å². The molecule has 3 atom stereocenters. The van der Waals surface area contributed by atoms with Crippen molar-refractivity contribution >= 4 is 22.9 Å². The molecule has 2 aliphatic carbocycles. The average Bonchev–Trinajstić information content (AvgIpc) is 2.48. The molecular formula is C8H12IN. The molecule has 0 aromatic heterocycles. The lowest BCUT2D eigenvalue weighted by Crippen LogP contribution is -2.18. The van der Waals surface area contributed by atoms with Crippen LogP contribution in [0.1, 0.15) is 12.8 Å². The van der Waals surface area contributed by atoms with Crippen LogP contribution in [0.2, 0.25) is 0 Å². The second-order valence-electron chi connectivity index (χ2n) is 3.38. The first-order chi connectivity index (χ1) is 4.90. The van der Waals surface area contributed by atoms with Gasteiger partial charge in [0.15, 0.2) is 0 Å². The van der Waals surface area contributed by atoms with Gasteiger partial charge in [0.05, 0.1) is 0 Å². The highest BCUT2D eigenvalue weighted by Gasteiger charge is 2.34. The van der Waals surface area contributed by atoms with E-state index in [0.717, 1.165) is 17.8 Å². The third-order valence-corrected chi connectivity index (χ3v) is 3.20. The average molecular weight is 249 g/mol. The van der Waals surface area contributed by atoms with Crippen molar-refractivity contribution in [2.45, 2.75) is 12.8 Å². The Hall–Kier alpha value is 0.430. The Bertz CT molecular complexity index is 155. The van der Waals surface area contributed by atoms with Crippen LogP contribution in [-0.4, -0.2) is 6.54 Å². The van der Waals surface area contributed by atoms with E-state index in [1.165, 1.54) is 19.4 Å². The molecule has 1 nitrogen and oxygen atoms in total. The fourth-order valence-corrected chi connectivity index (χ4v) is 2.79. The van der Waals surface area contributed by atoms with E-state index in [1.807, 2.05) is 0 Å². The van der Waals surface area contributed by atoms with E-state index in [1.54, 1.807) is 0 Å². The van der Waals surface area contributed by atoms with Gasteiger partial charge in [-0.1, -0.05) is 12.2 Å². The summed E-state index contributed by atoms with van der Waals surface area (Å²) in [5, 5.41) is 0. The minimum absolute atomic E-state index is 0.910. The van der Waals surface area contributed by atoms with Crippen LogP contribution in [0.5, 0.6) is 0 Å². The van der Waals surface area contributed by atoms with E-state index in [9.17, 15) is 0 Å². The number of hydrogen-bond donors (Lipinski definition) is 1. The van der Waals surface area contributed by atoms with Crippen LogP contribution in [-0.2, 0) is 0 Å². The summed E-state index contributed by atoms with van der Waals surface area (Å²) >= 11 is 2.24. The Kier molecular flexibility index (Phi) is 2.00. The lowest BCUT2D eigenvalue weighted by molar-refractivity contribution is 0.452. The molecule has 1 saturated carbocycles. The lowest BCUT2D eigenvalue weighted by atomic mass is 9.94. The smallest absolute Gasteiger partial charge is 0.0169 e. The Morgan fingerprint density at radius 3 is 2.80 bits per heavy atom. The van der Waals surface area contributed by atoms with E-state index in [4.69, 9.17) is 0 Å². The van der Waals surface area contributed by atoms with Gasteiger partial charge in [0.2, 0.25) is 0 Å². The first kappa shape index (κ1) is 7.10. The van der Waals surface area contributed by atoms with Crippen LogP contribution in [0.15, 0.2) is 12.2 Å². The molecule has 0 aromatic carbocycles. The molecule has 2 bridgehead atoms. The Balaban J connectivity index is 1.96. The number of rotatable bonds is 2. The molecule has 0 amide bonds. The fraction of sp³-hybridized carbons (Fsp3) is 0.750. The molecule has 0 saturated heterocycles. The third-order valence-electron chi connectivity index (χ3n) is 2.76. The normalized spacial score (nSPS) is 43.1. The van der Waals surface area contributed by atoms with Gasteiger partial charge in [-0.2, -0.15) is 0 Å². The summed E-state index contributed by atoms with van der Waals surface area (Å²) in [7, 11) is 0. The summed E-state index contributed by atoms with van der Waals surface area (Å²) in [5.41, 5.74) is 0. The number of fused-ring (bicyclic) bond motifs is 2. The van der Waals surface area contributed by atoms with E-state index in [-0.39, 0.29) is 0 Å². The van der Waals surface area contributed by atoms with E-state index in [2.05, 4.69) is 38.5 Å². The Labute approximate surface area is 75.8 Å². The largest absolute Gasteiger partial charge is 0.261 e. The number of allylic oxidation sites excluding steroid dienone is 2. The molecule has 1 N–H and O–H groups in total. The minimum Gasteiger partial charge on any atom is -0.261 e. The van der Waals surface area contributed by atoms with Crippen molar-refractivity contribution in [1.29, 1.82) is 0 Å². The predicted octanol–water partition coefficient (Wildman–Crippen LogP) is 2.14. The molecule has 0 aromatic rings. The van der Waals surface area contributed by atoms with E-state index in [0.29, 0.717) is 0 Å². The zero-order valence-electron chi connectivity index (χ0n) is 5.89. The molecule has 0 aliphatic heterocycles. The number of halogens is 1. The summed E-state index contributed by atoms with van der Waals surface area (Å²) in [6, 6.07) is 0. The molecule has 0 radical (unpaired) electrons. The molecule has 3 unspecified atom stereocenters. The standard InChI is InChI=1S/C8H12IN/c9-10-5-8-4-6-1-2-7(8)3-6/h1-2,6-8,10H,3-5H2. The van der Waals surface area contributed by atoms with Crippen molar-refractivity contribution < 1.29 is 0 Å². The van der Waals surface area contributed by atoms with Crippen LogP contribution < -0.4 is 3.53 Å². The van der Waals surface area contributed by atoms with Crippen LogP contribution in [0.3, 0.4) is 0 Å². The van der Waals surface area contributed by atoms with Crippen molar-refractivity contribution in [2.75, 3.05) is 6.54 Å². The molecule has 0 spiro atoms. The van der Waals surface area contributed by atoms with Crippen LogP contribution in [0, 0.1) is 17.8 Å². The highest BCUT2D eigenvalue weighted by atomic mass is 127. The first-order valence-electron chi connectivity index (χ1n) is 3.92. The van der Waals surface area contributed by atoms with Gasteiger partial charge < -0.3 is 0 Å². The maximum absolute atomic E-state index is 3.23. The summed E-state index contributed by atoms with van der Waals surface area (Å²) < 4.78 is 3.23. The monoisotopic (exact) mass is 249 g/mol. The van der Waals surface area contributed by atoms with E-state index < -0.39 is 0 Å². The lowest BCUT2D eigenvalue weighted by Gasteiger charge is -2.15. The van der Waals surface area contributed by atoms with Gasteiger partial charge in [-0.25, -0.2) is 0 Å². The van der Waals surface area contributed by atoms with Gasteiger partial charge in [0.25, 0.3) is 0 Å². The second-order valence-corrected chi connectivity index (χ2v) is 4.14. The summed E-state index contributed by atoms with van der Waals surface area (Å²) in [6.07, 6.45) is 7.67. The zero-order chi connectivity index (χ0) is 6.97. The van der Waals surface area contributed by atoms with Crippen molar-refractivity contribution in [1.82, 2.24) is 3.53 Å². The summed E-state index contributed by atoms with van der Waals surface area (Å²) in [6.45, 7) is 1.20. The predicted molar refractivity (Wildman–Crippen MR) is 50.9 cm³/mol.